The lowest BCUT2D eigenvalue weighted by Gasteiger charge is -2.27. The molecule has 0 aliphatic carbocycles. The van der Waals surface area contributed by atoms with Crippen molar-refractivity contribution in [3.05, 3.63) is 59.2 Å². The number of hydrogen-bond donors (Lipinski definition) is 1. The van der Waals surface area contributed by atoms with Crippen molar-refractivity contribution in [1.29, 1.82) is 0 Å². The number of nitrogens with zero attached hydrogens (tertiary/aromatic N) is 2. The lowest BCUT2D eigenvalue weighted by molar-refractivity contribution is 0.0690. The number of benzene rings is 2. The van der Waals surface area contributed by atoms with E-state index in [4.69, 9.17) is 9.47 Å². The molecular formula is C23H28N2O4. The minimum absolute atomic E-state index is 0.195. The van der Waals surface area contributed by atoms with E-state index >= 15 is 0 Å². The molecule has 2 fully saturated rings. The Morgan fingerprint density at radius 2 is 1.83 bits per heavy atom. The predicted molar refractivity (Wildman–Crippen MR) is 111 cm³/mol. The van der Waals surface area contributed by atoms with Gasteiger partial charge in [-0.3, -0.25) is 9.80 Å². The van der Waals surface area contributed by atoms with Crippen molar-refractivity contribution in [3.8, 4) is 11.5 Å². The van der Waals surface area contributed by atoms with Gasteiger partial charge in [-0.2, -0.15) is 0 Å². The number of methoxy groups -OCH3 is 2. The Balaban J connectivity index is 1.56. The van der Waals surface area contributed by atoms with E-state index in [2.05, 4.69) is 47.2 Å². The maximum Gasteiger partial charge on any atom is 0.339 e. The van der Waals surface area contributed by atoms with Gasteiger partial charge in [0, 0.05) is 32.2 Å². The molecular weight excluding hydrogens is 368 g/mol. The monoisotopic (exact) mass is 396 g/mol. The summed E-state index contributed by atoms with van der Waals surface area (Å²) in [6.07, 6.45) is 0. The van der Waals surface area contributed by atoms with Crippen molar-refractivity contribution in [1.82, 2.24) is 9.80 Å². The summed E-state index contributed by atoms with van der Waals surface area (Å²) in [6.45, 7) is 3.60. The zero-order valence-electron chi connectivity index (χ0n) is 17.2. The van der Waals surface area contributed by atoms with Gasteiger partial charge in [0.15, 0.2) is 11.5 Å². The van der Waals surface area contributed by atoms with E-state index in [1.54, 1.807) is 6.07 Å². The van der Waals surface area contributed by atoms with E-state index in [-0.39, 0.29) is 5.56 Å². The van der Waals surface area contributed by atoms with Crippen LogP contribution in [-0.2, 0) is 6.54 Å². The molecule has 0 radical (unpaired) electrons. The Morgan fingerprint density at radius 1 is 1.07 bits per heavy atom. The number of aromatic carboxylic acids is 1. The molecule has 0 amide bonds. The highest BCUT2D eigenvalue weighted by Crippen LogP contribution is 2.44. The quantitative estimate of drug-likeness (QED) is 0.810. The fourth-order valence-electron chi connectivity index (χ4n) is 5.21. The van der Waals surface area contributed by atoms with Crippen molar-refractivity contribution in [3.63, 3.8) is 0 Å². The molecule has 2 aliphatic rings. The van der Waals surface area contributed by atoms with Crippen LogP contribution in [0.5, 0.6) is 11.5 Å². The van der Waals surface area contributed by atoms with Gasteiger partial charge in [-0.1, -0.05) is 36.4 Å². The van der Waals surface area contributed by atoms with Crippen LogP contribution < -0.4 is 9.47 Å². The molecule has 0 bridgehead atoms. The van der Waals surface area contributed by atoms with Crippen LogP contribution in [0.3, 0.4) is 0 Å². The van der Waals surface area contributed by atoms with Crippen LogP contribution in [0.2, 0.25) is 0 Å². The second kappa shape index (κ2) is 8.05. The summed E-state index contributed by atoms with van der Waals surface area (Å²) in [5.74, 6) is 0.892. The van der Waals surface area contributed by atoms with Crippen molar-refractivity contribution in [2.24, 2.45) is 11.8 Å². The van der Waals surface area contributed by atoms with E-state index in [1.165, 1.54) is 19.8 Å². The van der Waals surface area contributed by atoms with Gasteiger partial charge in [-0.05, 0) is 36.1 Å². The van der Waals surface area contributed by atoms with E-state index in [9.17, 15) is 9.90 Å². The largest absolute Gasteiger partial charge is 0.493 e. The maximum absolute atomic E-state index is 12.0. The molecule has 6 heteroatoms. The molecule has 29 heavy (non-hydrogen) atoms. The topological polar surface area (TPSA) is 62.2 Å². The molecule has 0 spiro atoms. The number of rotatable bonds is 6. The average Bonchev–Trinajstić information content (AvgIpc) is 3.23. The van der Waals surface area contributed by atoms with Crippen LogP contribution in [0.1, 0.15) is 27.5 Å². The van der Waals surface area contributed by atoms with E-state index in [0.29, 0.717) is 35.9 Å². The van der Waals surface area contributed by atoms with Crippen LogP contribution in [0.25, 0.3) is 0 Å². The number of carboxylic acid groups (broad SMARTS) is 1. The van der Waals surface area contributed by atoms with Gasteiger partial charge in [0.25, 0.3) is 0 Å². The second-order valence-corrected chi connectivity index (χ2v) is 8.05. The fraction of sp³-hybridized carbons (Fsp3) is 0.435. The van der Waals surface area contributed by atoms with Gasteiger partial charge in [0.2, 0.25) is 0 Å². The summed E-state index contributed by atoms with van der Waals surface area (Å²) >= 11 is 0. The summed E-state index contributed by atoms with van der Waals surface area (Å²) in [7, 11) is 5.21. The van der Waals surface area contributed by atoms with E-state index in [0.717, 1.165) is 25.2 Å². The predicted octanol–water partition coefficient (Wildman–Crippen LogP) is 3.14. The number of carbonyl (C=O) groups is 1. The molecule has 2 heterocycles. The normalized spacial score (nSPS) is 24.4. The molecule has 6 nitrogen and oxygen atoms in total. The minimum Gasteiger partial charge on any atom is -0.493 e. The Bertz CT molecular complexity index is 886. The van der Waals surface area contributed by atoms with E-state index < -0.39 is 5.97 Å². The molecule has 154 valence electrons. The van der Waals surface area contributed by atoms with Gasteiger partial charge >= 0.3 is 5.97 Å². The smallest absolute Gasteiger partial charge is 0.339 e. The Labute approximate surface area is 171 Å². The van der Waals surface area contributed by atoms with E-state index in [1.807, 2.05) is 6.07 Å². The molecule has 2 aliphatic heterocycles. The van der Waals surface area contributed by atoms with Crippen molar-refractivity contribution in [2.45, 2.75) is 12.6 Å². The summed E-state index contributed by atoms with van der Waals surface area (Å²) in [4.78, 5) is 16.8. The van der Waals surface area contributed by atoms with Gasteiger partial charge < -0.3 is 14.6 Å². The second-order valence-electron chi connectivity index (χ2n) is 8.05. The first-order valence-corrected chi connectivity index (χ1v) is 9.98. The third kappa shape index (κ3) is 3.58. The number of likely N-dealkylation sites (tertiary alicyclic amines) is 2. The Hall–Kier alpha value is -2.57. The molecule has 3 atom stereocenters. The van der Waals surface area contributed by atoms with Crippen LogP contribution in [-0.4, -0.2) is 61.8 Å². The molecule has 2 aromatic rings. The number of hydrogen-bond acceptors (Lipinski definition) is 5. The number of carboxylic acids is 1. The van der Waals surface area contributed by atoms with Crippen molar-refractivity contribution < 1.29 is 19.4 Å². The lowest BCUT2D eigenvalue weighted by atomic mass is 9.90. The Kier molecular flexibility index (Phi) is 5.48. The molecule has 4 rings (SSSR count). The molecule has 0 unspecified atom stereocenters. The van der Waals surface area contributed by atoms with Crippen molar-refractivity contribution >= 4 is 5.97 Å². The van der Waals surface area contributed by atoms with Crippen LogP contribution in [0.15, 0.2) is 42.5 Å². The summed E-state index contributed by atoms with van der Waals surface area (Å²) in [5.41, 5.74) is 2.32. The van der Waals surface area contributed by atoms with Gasteiger partial charge in [-0.15, -0.1) is 0 Å². The number of ether oxygens (including phenoxy) is 2. The summed E-state index contributed by atoms with van der Waals surface area (Å²) in [5, 5.41) is 9.80. The first-order valence-electron chi connectivity index (χ1n) is 9.98. The molecule has 0 aromatic heterocycles. The van der Waals surface area contributed by atoms with Crippen LogP contribution >= 0.6 is 0 Å². The third-order valence-corrected chi connectivity index (χ3v) is 6.35. The highest BCUT2D eigenvalue weighted by atomic mass is 16.5. The lowest BCUT2D eigenvalue weighted by Crippen LogP contribution is -2.29. The molecule has 2 aromatic carbocycles. The highest BCUT2D eigenvalue weighted by molar-refractivity contribution is 5.93. The van der Waals surface area contributed by atoms with Gasteiger partial charge in [-0.25, -0.2) is 4.79 Å². The zero-order valence-corrected chi connectivity index (χ0v) is 17.2. The first kappa shape index (κ1) is 19.7. The van der Waals surface area contributed by atoms with Gasteiger partial charge in [0.05, 0.1) is 14.2 Å². The molecule has 0 saturated carbocycles. The summed E-state index contributed by atoms with van der Waals surface area (Å²) < 4.78 is 10.6. The standard InChI is InChI=1S/C23H28N2O4/c1-24-11-17-13-25(14-18(17)21(24)15-7-5-4-6-8-15)12-16-9-10-19(28-2)22(29-3)20(16)23(26)27/h4-10,17-18,21H,11-14H2,1-3H3,(H,26,27)/t17-,18+,21-/m0/s1. The maximum atomic E-state index is 12.0. The van der Waals surface area contributed by atoms with Crippen molar-refractivity contribution in [2.75, 3.05) is 40.9 Å². The fourth-order valence-corrected chi connectivity index (χ4v) is 5.21. The first-order chi connectivity index (χ1) is 14.0. The van der Waals surface area contributed by atoms with Crippen LogP contribution in [0.4, 0.5) is 0 Å². The minimum atomic E-state index is -0.989. The van der Waals surface area contributed by atoms with Crippen LogP contribution in [0, 0.1) is 11.8 Å². The molecule has 1 N–H and O–H groups in total. The number of fused-ring (bicyclic) bond motifs is 1. The third-order valence-electron chi connectivity index (χ3n) is 6.35. The van der Waals surface area contributed by atoms with Gasteiger partial charge in [0.1, 0.15) is 5.56 Å². The molecule has 2 saturated heterocycles. The Morgan fingerprint density at radius 3 is 2.48 bits per heavy atom. The zero-order chi connectivity index (χ0) is 20.5. The average molecular weight is 396 g/mol. The highest BCUT2D eigenvalue weighted by Gasteiger charge is 2.46. The summed E-state index contributed by atoms with van der Waals surface area (Å²) in [6, 6.07) is 14.7. The SMILES string of the molecule is COc1ccc(CN2C[C@@H]3CN(C)[C@@H](c4ccccc4)[C@@H]3C2)c(C(=O)O)c1OC.